The molecule has 0 radical (unpaired) electrons. The van der Waals surface area contributed by atoms with Crippen LogP contribution < -0.4 is 4.73 Å². The van der Waals surface area contributed by atoms with E-state index in [2.05, 4.69) is 0 Å². The molecular weight excluding hydrogens is 236 g/mol. The van der Waals surface area contributed by atoms with Crippen LogP contribution >= 0.6 is 11.3 Å². The number of carboxylic acid groups (broad SMARTS) is 1. The molecule has 2 rings (SSSR count). The molecule has 0 aliphatic rings. The zero-order valence-electron chi connectivity index (χ0n) is 7.65. The smallest absolute Gasteiger partial charge is 0.417 e. The molecule has 82 valence electrons. The summed E-state index contributed by atoms with van der Waals surface area (Å²) in [6.45, 7) is 0. The summed E-state index contributed by atoms with van der Waals surface area (Å²) < 4.78 is 0.572. The Balaban J connectivity index is 2.85. The molecule has 0 fully saturated rings. The molecule has 8 heteroatoms. The Hall–Kier alpha value is -2.22. The molecule has 0 saturated heterocycles. The fourth-order valence-electron chi connectivity index (χ4n) is 1.31. The van der Waals surface area contributed by atoms with Crippen molar-refractivity contribution in [3.63, 3.8) is 0 Å². The molecule has 0 aliphatic carbocycles. The number of aromatic nitrogens is 1. The lowest BCUT2D eigenvalue weighted by atomic mass is 10.3. The molecule has 16 heavy (non-hydrogen) atoms. The second-order valence-corrected chi connectivity index (χ2v) is 3.91. The number of rotatable bonds is 2. The molecule has 0 aliphatic heterocycles. The van der Waals surface area contributed by atoms with Crippen LogP contribution in [0.25, 0.3) is 10.2 Å². The molecule has 0 spiro atoms. The molecule has 0 unspecified atom stereocenters. The Morgan fingerprint density at radius 1 is 1.50 bits per heavy atom. The molecule has 1 aromatic carbocycles. The number of non-ortho nitro benzene ring substituents is 1. The summed E-state index contributed by atoms with van der Waals surface area (Å²) in [4.78, 5) is 20.8. The second-order valence-electron chi connectivity index (χ2n) is 2.91. The van der Waals surface area contributed by atoms with E-state index in [9.17, 15) is 20.1 Å². The fraction of sp³-hybridized carbons (Fsp3) is 0. The van der Waals surface area contributed by atoms with Crippen LogP contribution in [0.5, 0.6) is 0 Å². The van der Waals surface area contributed by atoms with Gasteiger partial charge < -0.3 is 5.11 Å². The van der Waals surface area contributed by atoms with E-state index >= 15 is 0 Å². The standard InChI is InChI=1S/C8H4N2O5S/c11-8(12)7-9(13)4-2-1-3-5(10(14)15)6(4)16-7/h1-3H,(H-,11,12,13)/p+1. The first-order valence-corrected chi connectivity index (χ1v) is 4.88. The van der Waals surface area contributed by atoms with E-state index in [1.807, 2.05) is 0 Å². The predicted molar refractivity (Wildman–Crippen MR) is 52.8 cm³/mol. The maximum Gasteiger partial charge on any atom is 0.417 e. The Morgan fingerprint density at radius 3 is 2.75 bits per heavy atom. The van der Waals surface area contributed by atoms with Crippen molar-refractivity contribution in [3.8, 4) is 0 Å². The molecule has 2 aromatic rings. The summed E-state index contributed by atoms with van der Waals surface area (Å²) >= 11 is 0.659. The van der Waals surface area contributed by atoms with Crippen molar-refractivity contribution < 1.29 is 24.8 Å². The summed E-state index contributed by atoms with van der Waals surface area (Å²) in [7, 11) is 0. The number of carbonyl (C=O) groups is 1. The second kappa shape index (κ2) is 3.42. The summed E-state index contributed by atoms with van der Waals surface area (Å²) in [5, 5.41) is 28.6. The van der Waals surface area contributed by atoms with Gasteiger partial charge in [-0.2, -0.15) is 0 Å². The normalized spacial score (nSPS) is 10.5. The highest BCUT2D eigenvalue weighted by Gasteiger charge is 2.31. The van der Waals surface area contributed by atoms with Gasteiger partial charge in [-0.1, -0.05) is 0 Å². The van der Waals surface area contributed by atoms with Crippen LogP contribution in [-0.2, 0) is 0 Å². The van der Waals surface area contributed by atoms with Crippen LogP contribution in [0.1, 0.15) is 9.80 Å². The third-order valence-corrected chi connectivity index (χ3v) is 3.14. The van der Waals surface area contributed by atoms with Gasteiger partial charge in [-0.25, -0.2) is 4.79 Å². The highest BCUT2D eigenvalue weighted by atomic mass is 32.1. The van der Waals surface area contributed by atoms with E-state index < -0.39 is 10.9 Å². The Kier molecular flexibility index (Phi) is 2.20. The number of thiazole rings is 1. The van der Waals surface area contributed by atoms with Crippen molar-refractivity contribution in [2.75, 3.05) is 0 Å². The Morgan fingerprint density at radius 2 is 2.19 bits per heavy atom. The summed E-state index contributed by atoms with van der Waals surface area (Å²) in [6.07, 6.45) is 0. The van der Waals surface area contributed by atoms with Crippen molar-refractivity contribution in [1.29, 1.82) is 0 Å². The SMILES string of the molecule is O=C(O)c1sc2c([N+](=O)[O-])cccc2[n+]1O. The third kappa shape index (κ3) is 1.36. The van der Waals surface area contributed by atoms with E-state index in [1.54, 1.807) is 0 Å². The van der Waals surface area contributed by atoms with Gasteiger partial charge >= 0.3 is 11.0 Å². The lowest BCUT2D eigenvalue weighted by molar-refractivity contribution is -0.883. The van der Waals surface area contributed by atoms with E-state index in [1.165, 1.54) is 18.2 Å². The first kappa shape index (κ1) is 10.3. The fourth-order valence-corrected chi connectivity index (χ4v) is 2.28. The van der Waals surface area contributed by atoms with Crippen molar-refractivity contribution in [1.82, 2.24) is 0 Å². The molecular formula is C8H5N2O5S+. The molecule has 0 atom stereocenters. The molecule has 7 nitrogen and oxygen atoms in total. The van der Waals surface area contributed by atoms with Crippen LogP contribution in [0.3, 0.4) is 0 Å². The summed E-state index contributed by atoms with van der Waals surface area (Å²) in [5.41, 5.74) is -0.116. The first-order valence-electron chi connectivity index (χ1n) is 4.07. The topological polar surface area (TPSA) is 105 Å². The molecule has 0 amide bonds. The highest BCUT2D eigenvalue weighted by molar-refractivity contribution is 7.20. The molecule has 0 bridgehead atoms. The van der Waals surface area contributed by atoms with Crippen LogP contribution in [0.4, 0.5) is 5.69 Å². The molecule has 1 aromatic heterocycles. The van der Waals surface area contributed by atoms with E-state index in [0.29, 0.717) is 16.1 Å². The van der Waals surface area contributed by atoms with Gasteiger partial charge in [0.1, 0.15) is 0 Å². The van der Waals surface area contributed by atoms with Crippen molar-refractivity contribution in [2.24, 2.45) is 0 Å². The maximum absolute atomic E-state index is 10.7. The molecule has 1 heterocycles. The van der Waals surface area contributed by atoms with Gasteiger partial charge in [-0.15, -0.1) is 0 Å². The Bertz CT molecular complexity index is 606. The van der Waals surface area contributed by atoms with Crippen LogP contribution in [0.15, 0.2) is 18.2 Å². The number of nitrogens with zero attached hydrogens (tertiary/aromatic N) is 2. The number of carboxylic acids is 1. The summed E-state index contributed by atoms with van der Waals surface area (Å²) in [6, 6.07) is 4.04. The molecule has 0 saturated carbocycles. The third-order valence-electron chi connectivity index (χ3n) is 1.97. The molecule has 2 N–H and O–H groups in total. The highest BCUT2D eigenvalue weighted by Crippen LogP contribution is 2.29. The number of nitro groups is 1. The van der Waals surface area contributed by atoms with E-state index in [0.717, 1.165) is 0 Å². The number of hydrogen-bond acceptors (Lipinski definition) is 5. The minimum atomic E-state index is -1.34. The van der Waals surface area contributed by atoms with Crippen LogP contribution in [0, 0.1) is 10.1 Å². The monoisotopic (exact) mass is 241 g/mol. The van der Waals surface area contributed by atoms with Gasteiger partial charge in [0.25, 0.3) is 11.2 Å². The average molecular weight is 241 g/mol. The first-order chi connectivity index (χ1) is 7.52. The van der Waals surface area contributed by atoms with Gasteiger partial charge in [0.15, 0.2) is 4.70 Å². The maximum atomic E-state index is 10.7. The minimum absolute atomic E-state index is 0.108. The zero-order valence-corrected chi connectivity index (χ0v) is 8.47. The number of benzene rings is 1. The largest absolute Gasteiger partial charge is 0.472 e. The quantitative estimate of drug-likeness (QED) is 0.353. The van der Waals surface area contributed by atoms with Crippen LogP contribution in [-0.4, -0.2) is 21.2 Å². The van der Waals surface area contributed by atoms with Gasteiger partial charge in [0, 0.05) is 16.9 Å². The van der Waals surface area contributed by atoms with Gasteiger partial charge in [0.05, 0.1) is 4.92 Å². The van der Waals surface area contributed by atoms with E-state index in [4.69, 9.17) is 5.11 Å². The number of hydrogen-bond donors (Lipinski definition) is 2. The van der Waals surface area contributed by atoms with Gasteiger partial charge in [-0.3, -0.25) is 15.3 Å². The van der Waals surface area contributed by atoms with Crippen LogP contribution in [0.2, 0.25) is 0 Å². The lowest BCUT2D eigenvalue weighted by Crippen LogP contribution is -2.34. The minimum Gasteiger partial charge on any atom is -0.472 e. The summed E-state index contributed by atoms with van der Waals surface area (Å²) in [5.74, 6) is -1.34. The van der Waals surface area contributed by atoms with Crippen molar-refractivity contribution in [2.45, 2.75) is 0 Å². The van der Waals surface area contributed by atoms with E-state index in [-0.39, 0.29) is 20.9 Å². The lowest BCUT2D eigenvalue weighted by Gasteiger charge is -1.87. The van der Waals surface area contributed by atoms with Crippen molar-refractivity contribution in [3.05, 3.63) is 33.3 Å². The average Bonchev–Trinajstić information content (AvgIpc) is 2.56. The number of aromatic carboxylic acids is 1. The van der Waals surface area contributed by atoms with Gasteiger partial charge in [-0.05, 0) is 17.4 Å². The zero-order chi connectivity index (χ0) is 11.9. The van der Waals surface area contributed by atoms with Gasteiger partial charge in [0.2, 0.25) is 0 Å². The Labute approximate surface area is 91.9 Å². The number of fused-ring (bicyclic) bond motifs is 1. The predicted octanol–water partition coefficient (Wildman–Crippen LogP) is 1.03. The number of nitro benzene ring substituents is 1. The van der Waals surface area contributed by atoms with Crippen molar-refractivity contribution >= 4 is 33.2 Å².